The number of ether oxygens (including phenoxy) is 2. The number of carbonyl (C=O) groups excluding carboxylic acids is 2. The van der Waals surface area contributed by atoms with Gasteiger partial charge in [0.15, 0.2) is 6.61 Å². The smallest absolute Gasteiger partial charge is 0.266 e. The quantitative estimate of drug-likeness (QED) is 0.320. The van der Waals surface area contributed by atoms with Crippen LogP contribution in [0.5, 0.6) is 11.5 Å². The van der Waals surface area contributed by atoms with E-state index in [2.05, 4.69) is 10.6 Å². The molecule has 0 aromatic heterocycles. The van der Waals surface area contributed by atoms with Gasteiger partial charge in [0.25, 0.3) is 11.8 Å². The fourth-order valence-electron chi connectivity index (χ4n) is 3.13. The maximum atomic E-state index is 12.6. The van der Waals surface area contributed by atoms with Crippen molar-refractivity contribution in [2.24, 2.45) is 0 Å². The van der Waals surface area contributed by atoms with Gasteiger partial charge in [0, 0.05) is 11.4 Å². The van der Waals surface area contributed by atoms with Crippen molar-refractivity contribution in [2.45, 2.75) is 13.8 Å². The second-order valence-corrected chi connectivity index (χ2v) is 8.03. The summed E-state index contributed by atoms with van der Waals surface area (Å²) >= 11 is 6.30. The van der Waals surface area contributed by atoms with Gasteiger partial charge in [0.1, 0.15) is 23.1 Å². The minimum absolute atomic E-state index is 0.0745. The Morgan fingerprint density at radius 3 is 2.46 bits per heavy atom. The van der Waals surface area contributed by atoms with Crippen molar-refractivity contribution in [3.05, 3.63) is 87.9 Å². The summed E-state index contributed by atoms with van der Waals surface area (Å²) in [4.78, 5) is 24.8. The monoisotopic (exact) mass is 489 g/mol. The first-order valence-corrected chi connectivity index (χ1v) is 11.0. The molecule has 0 atom stereocenters. The van der Waals surface area contributed by atoms with Crippen LogP contribution in [-0.4, -0.2) is 25.5 Å². The number of carbonyl (C=O) groups is 2. The van der Waals surface area contributed by atoms with Gasteiger partial charge in [0.2, 0.25) is 0 Å². The molecule has 3 rings (SSSR count). The number of amides is 2. The molecule has 0 spiro atoms. The van der Waals surface area contributed by atoms with Crippen molar-refractivity contribution < 1.29 is 19.1 Å². The van der Waals surface area contributed by atoms with Crippen molar-refractivity contribution in [1.29, 1.82) is 5.26 Å². The minimum Gasteiger partial charge on any atom is -0.497 e. The number of rotatable bonds is 8. The van der Waals surface area contributed by atoms with E-state index in [9.17, 15) is 14.9 Å². The molecule has 0 heterocycles. The standard InChI is InChI=1S/C27H24ClN3O4/c1-17-5-4-6-24(18(17)2)31-27(33)20(15-29)13-19-7-12-25(23(28)14-19)35-16-26(32)30-21-8-10-22(34-3)11-9-21/h4-14H,16H2,1-3H3,(H,30,32)(H,31,33)/b20-13-. The van der Waals surface area contributed by atoms with Crippen LogP contribution in [0, 0.1) is 25.2 Å². The third kappa shape index (κ3) is 6.85. The van der Waals surface area contributed by atoms with Crippen LogP contribution in [0.2, 0.25) is 5.02 Å². The highest BCUT2D eigenvalue weighted by molar-refractivity contribution is 6.32. The fourth-order valence-corrected chi connectivity index (χ4v) is 3.37. The molecule has 0 bridgehead atoms. The zero-order valence-corrected chi connectivity index (χ0v) is 20.3. The molecule has 0 aliphatic rings. The van der Waals surface area contributed by atoms with Crippen molar-refractivity contribution in [3.63, 3.8) is 0 Å². The first-order chi connectivity index (χ1) is 16.8. The van der Waals surface area contributed by atoms with E-state index in [0.29, 0.717) is 28.4 Å². The van der Waals surface area contributed by atoms with Gasteiger partial charge in [-0.25, -0.2) is 0 Å². The van der Waals surface area contributed by atoms with Crippen LogP contribution in [0.4, 0.5) is 11.4 Å². The van der Waals surface area contributed by atoms with Gasteiger partial charge in [-0.1, -0.05) is 29.8 Å². The molecule has 7 nitrogen and oxygen atoms in total. The predicted molar refractivity (Wildman–Crippen MR) is 137 cm³/mol. The Morgan fingerprint density at radius 1 is 1.06 bits per heavy atom. The zero-order chi connectivity index (χ0) is 25.4. The van der Waals surface area contributed by atoms with Crippen LogP contribution >= 0.6 is 11.6 Å². The second-order valence-electron chi connectivity index (χ2n) is 7.63. The molecule has 8 heteroatoms. The molecule has 178 valence electrons. The number of nitrogens with one attached hydrogen (secondary N) is 2. The number of benzene rings is 3. The van der Waals surface area contributed by atoms with Crippen LogP contribution in [0.15, 0.2) is 66.2 Å². The highest BCUT2D eigenvalue weighted by atomic mass is 35.5. The maximum Gasteiger partial charge on any atom is 0.266 e. The number of nitrogens with zero attached hydrogens (tertiary/aromatic N) is 1. The lowest BCUT2D eigenvalue weighted by Gasteiger charge is -2.11. The van der Waals surface area contributed by atoms with Gasteiger partial charge < -0.3 is 20.1 Å². The topological polar surface area (TPSA) is 100 Å². The molecule has 2 N–H and O–H groups in total. The molecule has 0 saturated carbocycles. The lowest BCUT2D eigenvalue weighted by molar-refractivity contribution is -0.118. The highest BCUT2D eigenvalue weighted by Crippen LogP contribution is 2.27. The van der Waals surface area contributed by atoms with E-state index >= 15 is 0 Å². The molecule has 3 aromatic rings. The van der Waals surface area contributed by atoms with E-state index in [1.165, 1.54) is 6.08 Å². The Kier molecular flexibility index (Phi) is 8.49. The summed E-state index contributed by atoms with van der Waals surface area (Å²) in [6.07, 6.45) is 1.44. The average molecular weight is 490 g/mol. The van der Waals surface area contributed by atoms with Gasteiger partial charge in [0.05, 0.1) is 12.1 Å². The van der Waals surface area contributed by atoms with Crippen LogP contribution in [0.3, 0.4) is 0 Å². The molecule has 0 aliphatic carbocycles. The Morgan fingerprint density at radius 2 is 1.80 bits per heavy atom. The minimum atomic E-state index is -0.521. The lowest BCUT2D eigenvalue weighted by atomic mass is 10.1. The fraction of sp³-hybridized carbons (Fsp3) is 0.148. The number of anilines is 2. The first-order valence-electron chi connectivity index (χ1n) is 10.7. The Hall–Kier alpha value is -4.28. The molecular formula is C27H24ClN3O4. The zero-order valence-electron chi connectivity index (χ0n) is 19.5. The molecule has 35 heavy (non-hydrogen) atoms. The lowest BCUT2D eigenvalue weighted by Crippen LogP contribution is -2.20. The molecule has 2 amide bonds. The van der Waals surface area contributed by atoms with Gasteiger partial charge in [-0.2, -0.15) is 5.26 Å². The Bertz CT molecular complexity index is 1310. The van der Waals surface area contributed by atoms with E-state index in [1.54, 1.807) is 55.6 Å². The predicted octanol–water partition coefficient (Wildman–Crippen LogP) is 5.53. The van der Waals surface area contributed by atoms with Gasteiger partial charge in [-0.3, -0.25) is 9.59 Å². The first kappa shape index (κ1) is 25.3. The largest absolute Gasteiger partial charge is 0.497 e. The number of methoxy groups -OCH3 is 1. The van der Waals surface area contributed by atoms with Crippen LogP contribution in [0.25, 0.3) is 6.08 Å². The van der Waals surface area contributed by atoms with E-state index in [1.807, 2.05) is 32.0 Å². The molecule has 3 aromatic carbocycles. The highest BCUT2D eigenvalue weighted by Gasteiger charge is 2.13. The van der Waals surface area contributed by atoms with Crippen molar-refractivity contribution in [3.8, 4) is 17.6 Å². The SMILES string of the molecule is COc1ccc(NC(=O)COc2ccc(/C=C(/C#N)C(=O)Nc3cccc(C)c3C)cc2Cl)cc1. The summed E-state index contributed by atoms with van der Waals surface area (Å²) in [6.45, 7) is 3.60. The van der Waals surface area contributed by atoms with Crippen molar-refractivity contribution in [1.82, 2.24) is 0 Å². The third-order valence-electron chi connectivity index (χ3n) is 5.22. The number of hydrogen-bond donors (Lipinski definition) is 2. The maximum absolute atomic E-state index is 12.6. The summed E-state index contributed by atoms with van der Waals surface area (Å²) in [5.74, 6) is 0.104. The molecule has 0 radical (unpaired) electrons. The second kappa shape index (κ2) is 11.7. The number of nitriles is 1. The molecule has 0 fully saturated rings. The number of aryl methyl sites for hydroxylation is 1. The summed E-state index contributed by atoms with van der Waals surface area (Å²) in [5, 5.41) is 15.2. The van der Waals surface area contributed by atoms with Crippen molar-refractivity contribution in [2.75, 3.05) is 24.4 Å². The van der Waals surface area contributed by atoms with Crippen molar-refractivity contribution >= 4 is 40.9 Å². The van der Waals surface area contributed by atoms with E-state index < -0.39 is 5.91 Å². The molecule has 0 aliphatic heterocycles. The summed E-state index contributed by atoms with van der Waals surface area (Å²) < 4.78 is 10.6. The van der Waals surface area contributed by atoms with Crippen LogP contribution < -0.4 is 20.1 Å². The molecule has 0 saturated heterocycles. The normalized spacial score (nSPS) is 10.8. The van der Waals surface area contributed by atoms with Crippen LogP contribution in [0.1, 0.15) is 16.7 Å². The van der Waals surface area contributed by atoms with Crippen LogP contribution in [-0.2, 0) is 9.59 Å². The average Bonchev–Trinajstić information content (AvgIpc) is 2.85. The molecular weight excluding hydrogens is 466 g/mol. The number of halogens is 1. The van der Waals surface area contributed by atoms with Gasteiger partial charge in [-0.05, 0) is 79.1 Å². The third-order valence-corrected chi connectivity index (χ3v) is 5.51. The van der Waals surface area contributed by atoms with E-state index in [-0.39, 0.29) is 23.1 Å². The Balaban J connectivity index is 1.63. The summed E-state index contributed by atoms with van der Waals surface area (Å²) in [5.41, 5.74) is 3.68. The van der Waals surface area contributed by atoms with E-state index in [0.717, 1.165) is 11.1 Å². The van der Waals surface area contributed by atoms with Gasteiger partial charge >= 0.3 is 0 Å². The number of hydrogen-bond acceptors (Lipinski definition) is 5. The Labute approximate surface area is 208 Å². The summed E-state index contributed by atoms with van der Waals surface area (Å²) in [7, 11) is 1.56. The molecule has 0 unspecified atom stereocenters. The van der Waals surface area contributed by atoms with Gasteiger partial charge in [-0.15, -0.1) is 0 Å². The van der Waals surface area contributed by atoms with E-state index in [4.69, 9.17) is 21.1 Å². The summed E-state index contributed by atoms with van der Waals surface area (Å²) in [6, 6.07) is 19.2.